The van der Waals surface area contributed by atoms with Crippen LogP contribution < -0.4 is 5.32 Å². The fourth-order valence-electron chi connectivity index (χ4n) is 2.46. The molecule has 1 aromatic carbocycles. The summed E-state index contributed by atoms with van der Waals surface area (Å²) in [5, 5.41) is 11.8. The second-order valence-electron chi connectivity index (χ2n) is 6.85. The van der Waals surface area contributed by atoms with E-state index in [1.165, 1.54) is 0 Å². The lowest BCUT2D eigenvalue weighted by Crippen LogP contribution is -2.27. The number of rotatable bonds is 4. The summed E-state index contributed by atoms with van der Waals surface area (Å²) in [5.41, 5.74) is 1.08. The van der Waals surface area contributed by atoms with Crippen LogP contribution in [0.1, 0.15) is 32.8 Å². The predicted molar refractivity (Wildman–Crippen MR) is 86.9 cm³/mol. The lowest BCUT2D eigenvalue weighted by atomic mass is 10.1. The molecule has 0 bridgehead atoms. The van der Waals surface area contributed by atoms with Gasteiger partial charge in [0.25, 0.3) is 0 Å². The van der Waals surface area contributed by atoms with Crippen molar-refractivity contribution in [1.29, 1.82) is 0 Å². The predicted octanol–water partition coefficient (Wildman–Crippen LogP) is 2.37. The molecule has 0 radical (unpaired) electrons. The minimum Gasteiger partial charge on any atom is -0.444 e. The molecular weight excluding hydrogens is 296 g/mol. The highest BCUT2D eigenvalue weighted by molar-refractivity contribution is 5.84. The molecule has 0 aromatic heterocycles. The molecule has 6 heteroatoms. The SMILES string of the molecule is CC(C)(C)OC(=O)Nc1ccc(CN2CC(CO)CC2=O)cc1. The topological polar surface area (TPSA) is 78.9 Å². The molecule has 1 aliphatic heterocycles. The molecule has 2 rings (SSSR count). The summed E-state index contributed by atoms with van der Waals surface area (Å²) in [4.78, 5) is 25.3. The van der Waals surface area contributed by atoms with Gasteiger partial charge in [-0.2, -0.15) is 0 Å². The van der Waals surface area contributed by atoms with E-state index in [0.717, 1.165) is 5.56 Å². The first-order valence-corrected chi connectivity index (χ1v) is 7.74. The number of likely N-dealkylation sites (tertiary alicyclic amines) is 1. The van der Waals surface area contributed by atoms with Crippen LogP contribution >= 0.6 is 0 Å². The molecule has 1 saturated heterocycles. The molecule has 23 heavy (non-hydrogen) atoms. The zero-order valence-corrected chi connectivity index (χ0v) is 13.8. The van der Waals surface area contributed by atoms with Gasteiger partial charge in [0, 0.05) is 37.7 Å². The van der Waals surface area contributed by atoms with E-state index in [1.54, 1.807) is 17.0 Å². The van der Waals surface area contributed by atoms with Gasteiger partial charge in [-0.05, 0) is 38.5 Å². The first-order valence-electron chi connectivity index (χ1n) is 7.74. The maximum atomic E-state index is 11.8. The number of anilines is 1. The molecule has 1 unspecified atom stereocenters. The lowest BCUT2D eigenvalue weighted by molar-refractivity contribution is -0.128. The smallest absolute Gasteiger partial charge is 0.412 e. The molecule has 126 valence electrons. The van der Waals surface area contributed by atoms with Crippen molar-refractivity contribution in [1.82, 2.24) is 4.90 Å². The largest absolute Gasteiger partial charge is 0.444 e. The number of nitrogens with one attached hydrogen (secondary N) is 1. The van der Waals surface area contributed by atoms with E-state index < -0.39 is 11.7 Å². The second-order valence-corrected chi connectivity index (χ2v) is 6.85. The molecule has 1 fully saturated rings. The van der Waals surface area contributed by atoms with Crippen LogP contribution in [0.5, 0.6) is 0 Å². The zero-order valence-electron chi connectivity index (χ0n) is 13.8. The van der Waals surface area contributed by atoms with E-state index in [1.807, 2.05) is 32.9 Å². The first kappa shape index (κ1) is 17.3. The van der Waals surface area contributed by atoms with Crippen LogP contribution in [0.2, 0.25) is 0 Å². The van der Waals surface area contributed by atoms with Gasteiger partial charge in [0.15, 0.2) is 0 Å². The molecule has 0 saturated carbocycles. The van der Waals surface area contributed by atoms with Crippen LogP contribution in [0, 0.1) is 5.92 Å². The minimum absolute atomic E-state index is 0.0376. The summed E-state index contributed by atoms with van der Waals surface area (Å²) >= 11 is 0. The van der Waals surface area contributed by atoms with Crippen molar-refractivity contribution >= 4 is 17.7 Å². The van der Waals surface area contributed by atoms with Gasteiger partial charge in [-0.25, -0.2) is 4.79 Å². The molecule has 1 heterocycles. The van der Waals surface area contributed by atoms with Crippen molar-refractivity contribution in [3.63, 3.8) is 0 Å². The number of nitrogens with zero attached hydrogens (tertiary/aromatic N) is 1. The van der Waals surface area contributed by atoms with Crippen molar-refractivity contribution < 1.29 is 19.4 Å². The average Bonchev–Trinajstić information content (AvgIpc) is 2.79. The highest BCUT2D eigenvalue weighted by Gasteiger charge is 2.28. The summed E-state index contributed by atoms with van der Waals surface area (Å²) in [6, 6.07) is 7.30. The Balaban J connectivity index is 1.90. The third-order valence-corrected chi connectivity index (χ3v) is 3.53. The van der Waals surface area contributed by atoms with Crippen molar-refractivity contribution in [2.75, 3.05) is 18.5 Å². The van der Waals surface area contributed by atoms with Crippen molar-refractivity contribution in [3.05, 3.63) is 29.8 Å². The number of amides is 2. The highest BCUT2D eigenvalue weighted by atomic mass is 16.6. The number of hydrogen-bond acceptors (Lipinski definition) is 4. The highest BCUT2D eigenvalue weighted by Crippen LogP contribution is 2.20. The van der Waals surface area contributed by atoms with Gasteiger partial charge in [0.05, 0.1) is 0 Å². The quantitative estimate of drug-likeness (QED) is 0.893. The third-order valence-electron chi connectivity index (χ3n) is 3.53. The summed E-state index contributed by atoms with van der Waals surface area (Å²) in [5.74, 6) is 0.107. The Kier molecular flexibility index (Phi) is 5.26. The van der Waals surface area contributed by atoms with Crippen LogP contribution in [0.3, 0.4) is 0 Å². The van der Waals surface area contributed by atoms with Crippen molar-refractivity contribution in [2.24, 2.45) is 5.92 Å². The Morgan fingerprint density at radius 3 is 2.52 bits per heavy atom. The van der Waals surface area contributed by atoms with Crippen molar-refractivity contribution in [3.8, 4) is 0 Å². The number of aliphatic hydroxyl groups excluding tert-OH is 1. The Labute approximate surface area is 136 Å². The van der Waals surface area contributed by atoms with Crippen LogP contribution in [-0.2, 0) is 16.1 Å². The van der Waals surface area contributed by atoms with Gasteiger partial charge < -0.3 is 14.7 Å². The summed E-state index contributed by atoms with van der Waals surface area (Å²) < 4.78 is 5.19. The van der Waals surface area contributed by atoms with Gasteiger partial charge in [-0.3, -0.25) is 10.1 Å². The molecule has 2 N–H and O–H groups in total. The molecule has 6 nitrogen and oxygen atoms in total. The number of hydrogen-bond donors (Lipinski definition) is 2. The Hall–Kier alpha value is -2.08. The first-order chi connectivity index (χ1) is 10.8. The van der Waals surface area contributed by atoms with Crippen LogP contribution in [-0.4, -0.2) is 40.8 Å². The average molecular weight is 320 g/mol. The minimum atomic E-state index is -0.538. The summed E-state index contributed by atoms with van der Waals surface area (Å²) in [6.45, 7) is 6.57. The normalized spacial score (nSPS) is 18.2. The molecule has 0 aliphatic carbocycles. The monoisotopic (exact) mass is 320 g/mol. The molecule has 2 amide bonds. The standard InChI is InChI=1S/C17H24N2O4/c1-17(2,3)23-16(22)18-14-6-4-12(5-7-14)9-19-10-13(11-20)8-15(19)21/h4-7,13,20H,8-11H2,1-3H3,(H,18,22). The Bertz CT molecular complexity index is 563. The van der Waals surface area contributed by atoms with Crippen molar-refractivity contribution in [2.45, 2.75) is 39.3 Å². The fourth-order valence-corrected chi connectivity index (χ4v) is 2.46. The maximum absolute atomic E-state index is 11.8. The van der Waals surface area contributed by atoms with Crippen LogP contribution in [0.25, 0.3) is 0 Å². The van der Waals surface area contributed by atoms with E-state index in [-0.39, 0.29) is 18.4 Å². The Morgan fingerprint density at radius 1 is 1.35 bits per heavy atom. The van der Waals surface area contributed by atoms with Gasteiger partial charge in [-0.15, -0.1) is 0 Å². The van der Waals surface area contributed by atoms with Gasteiger partial charge in [0.2, 0.25) is 5.91 Å². The lowest BCUT2D eigenvalue weighted by Gasteiger charge is -2.20. The van der Waals surface area contributed by atoms with E-state index in [9.17, 15) is 9.59 Å². The number of benzene rings is 1. The molecule has 1 aliphatic rings. The van der Waals surface area contributed by atoms with E-state index >= 15 is 0 Å². The number of aliphatic hydroxyl groups is 1. The maximum Gasteiger partial charge on any atom is 0.412 e. The van der Waals surface area contributed by atoms with Gasteiger partial charge in [0.1, 0.15) is 5.60 Å². The molecule has 1 atom stereocenters. The second kappa shape index (κ2) is 7.00. The summed E-state index contributed by atoms with van der Waals surface area (Å²) in [7, 11) is 0. The van der Waals surface area contributed by atoms with E-state index in [4.69, 9.17) is 9.84 Å². The van der Waals surface area contributed by atoms with Gasteiger partial charge in [-0.1, -0.05) is 12.1 Å². The number of carbonyl (C=O) groups excluding carboxylic acids is 2. The Morgan fingerprint density at radius 2 is 2.00 bits per heavy atom. The summed E-state index contributed by atoms with van der Waals surface area (Å²) in [6.07, 6.45) is -0.0832. The van der Waals surface area contributed by atoms with Gasteiger partial charge >= 0.3 is 6.09 Å². The van der Waals surface area contributed by atoms with Crippen LogP contribution in [0.4, 0.5) is 10.5 Å². The number of carbonyl (C=O) groups is 2. The van der Waals surface area contributed by atoms with E-state index in [2.05, 4.69) is 5.32 Å². The third kappa shape index (κ3) is 5.25. The molecule has 0 spiro atoms. The number of ether oxygens (including phenoxy) is 1. The molecular formula is C17H24N2O4. The fraction of sp³-hybridized carbons (Fsp3) is 0.529. The zero-order chi connectivity index (χ0) is 17.0. The van der Waals surface area contributed by atoms with E-state index in [0.29, 0.717) is 25.2 Å². The van der Waals surface area contributed by atoms with Crippen LogP contribution in [0.15, 0.2) is 24.3 Å². The molecule has 1 aromatic rings.